The number of aryl methyl sites for hydroxylation is 1. The fourth-order valence-corrected chi connectivity index (χ4v) is 1.77. The van der Waals surface area contributed by atoms with Crippen LogP contribution in [0.1, 0.15) is 16.1 Å². The standard InChI is InChI=1S/C12H12ClNO2/c1-7-9-6-8(13)4-5-10(9)16-11(7)12(15)14(2)3/h4-6H,1-3H3. The summed E-state index contributed by atoms with van der Waals surface area (Å²) in [7, 11) is 3.39. The Labute approximate surface area is 98.6 Å². The van der Waals surface area contributed by atoms with Crippen LogP contribution in [-0.4, -0.2) is 24.9 Å². The van der Waals surface area contributed by atoms with E-state index in [1.807, 2.05) is 13.0 Å². The molecular weight excluding hydrogens is 226 g/mol. The minimum absolute atomic E-state index is 0.134. The van der Waals surface area contributed by atoms with Crippen LogP contribution >= 0.6 is 11.6 Å². The number of rotatable bonds is 1. The minimum Gasteiger partial charge on any atom is -0.451 e. The summed E-state index contributed by atoms with van der Waals surface area (Å²) in [6.45, 7) is 1.86. The van der Waals surface area contributed by atoms with Crippen molar-refractivity contribution in [3.05, 3.63) is 34.5 Å². The summed E-state index contributed by atoms with van der Waals surface area (Å²) in [4.78, 5) is 13.3. The summed E-state index contributed by atoms with van der Waals surface area (Å²) in [5, 5.41) is 1.53. The van der Waals surface area contributed by atoms with Gasteiger partial charge in [0.1, 0.15) is 5.58 Å². The molecule has 0 N–H and O–H groups in total. The van der Waals surface area contributed by atoms with E-state index in [4.69, 9.17) is 16.0 Å². The van der Waals surface area contributed by atoms with Crippen LogP contribution in [-0.2, 0) is 0 Å². The van der Waals surface area contributed by atoms with Gasteiger partial charge < -0.3 is 9.32 Å². The number of hydrogen-bond donors (Lipinski definition) is 0. The summed E-state index contributed by atoms with van der Waals surface area (Å²) in [6, 6.07) is 5.33. The molecule has 0 radical (unpaired) electrons. The highest BCUT2D eigenvalue weighted by Crippen LogP contribution is 2.28. The molecule has 0 spiro atoms. The lowest BCUT2D eigenvalue weighted by Crippen LogP contribution is -2.21. The van der Waals surface area contributed by atoms with Crippen LogP contribution in [0.15, 0.2) is 22.6 Å². The Morgan fingerprint density at radius 2 is 2.06 bits per heavy atom. The molecule has 84 valence electrons. The van der Waals surface area contributed by atoms with E-state index in [0.717, 1.165) is 10.9 Å². The molecule has 0 saturated carbocycles. The quantitative estimate of drug-likeness (QED) is 0.764. The number of hydrogen-bond acceptors (Lipinski definition) is 2. The molecule has 3 nitrogen and oxygen atoms in total. The second-order valence-electron chi connectivity index (χ2n) is 3.90. The van der Waals surface area contributed by atoms with E-state index in [9.17, 15) is 4.79 Å². The molecule has 4 heteroatoms. The van der Waals surface area contributed by atoms with Crippen molar-refractivity contribution in [1.82, 2.24) is 4.90 Å². The topological polar surface area (TPSA) is 33.5 Å². The fourth-order valence-electron chi connectivity index (χ4n) is 1.60. The first-order valence-corrected chi connectivity index (χ1v) is 5.29. The predicted molar refractivity (Wildman–Crippen MR) is 64.0 cm³/mol. The highest BCUT2D eigenvalue weighted by Gasteiger charge is 2.18. The van der Waals surface area contributed by atoms with Gasteiger partial charge in [0.05, 0.1) is 0 Å². The smallest absolute Gasteiger partial charge is 0.289 e. The van der Waals surface area contributed by atoms with Crippen LogP contribution in [0.5, 0.6) is 0 Å². The number of carbonyl (C=O) groups excluding carboxylic acids is 1. The molecule has 0 saturated heterocycles. The molecule has 0 bridgehead atoms. The van der Waals surface area contributed by atoms with Crippen LogP contribution in [0.4, 0.5) is 0 Å². The first kappa shape index (κ1) is 11.0. The Balaban J connectivity index is 2.65. The first-order valence-electron chi connectivity index (χ1n) is 4.91. The van der Waals surface area contributed by atoms with E-state index in [1.54, 1.807) is 26.2 Å². The highest BCUT2D eigenvalue weighted by atomic mass is 35.5. The molecule has 0 aliphatic rings. The number of halogens is 1. The van der Waals surface area contributed by atoms with Crippen molar-refractivity contribution >= 4 is 28.5 Å². The third-order valence-corrected chi connectivity index (χ3v) is 2.73. The Hall–Kier alpha value is -1.48. The van der Waals surface area contributed by atoms with Crippen molar-refractivity contribution in [2.75, 3.05) is 14.1 Å². The zero-order chi connectivity index (χ0) is 11.9. The van der Waals surface area contributed by atoms with E-state index in [0.29, 0.717) is 16.4 Å². The Kier molecular flexibility index (Phi) is 2.64. The number of benzene rings is 1. The molecule has 0 unspecified atom stereocenters. The van der Waals surface area contributed by atoms with Crippen LogP contribution in [0.2, 0.25) is 5.02 Å². The Morgan fingerprint density at radius 3 is 2.69 bits per heavy atom. The SMILES string of the molecule is Cc1c(C(=O)N(C)C)oc2ccc(Cl)cc12. The predicted octanol–water partition coefficient (Wildman–Crippen LogP) is 3.10. The fraction of sp³-hybridized carbons (Fsp3) is 0.250. The van der Waals surface area contributed by atoms with Gasteiger partial charge in [0.15, 0.2) is 5.76 Å². The van der Waals surface area contributed by atoms with E-state index >= 15 is 0 Å². The van der Waals surface area contributed by atoms with Crippen molar-refractivity contribution in [2.45, 2.75) is 6.92 Å². The Bertz CT molecular complexity index is 557. The summed E-state index contributed by atoms with van der Waals surface area (Å²) in [6.07, 6.45) is 0. The molecule has 2 aromatic rings. The van der Waals surface area contributed by atoms with Crippen molar-refractivity contribution in [2.24, 2.45) is 0 Å². The third kappa shape index (κ3) is 1.67. The van der Waals surface area contributed by atoms with Gasteiger partial charge in [-0.1, -0.05) is 11.6 Å². The van der Waals surface area contributed by atoms with E-state index in [1.165, 1.54) is 4.90 Å². The van der Waals surface area contributed by atoms with Crippen molar-refractivity contribution in [1.29, 1.82) is 0 Å². The van der Waals surface area contributed by atoms with Crippen LogP contribution in [0.3, 0.4) is 0 Å². The van der Waals surface area contributed by atoms with Crippen molar-refractivity contribution in [3.8, 4) is 0 Å². The normalized spacial score (nSPS) is 10.8. The monoisotopic (exact) mass is 237 g/mol. The molecule has 1 amide bonds. The van der Waals surface area contributed by atoms with E-state index in [-0.39, 0.29) is 5.91 Å². The minimum atomic E-state index is -0.134. The maximum Gasteiger partial charge on any atom is 0.289 e. The van der Waals surface area contributed by atoms with Gasteiger partial charge in [0.2, 0.25) is 0 Å². The lowest BCUT2D eigenvalue weighted by atomic mass is 10.1. The van der Waals surface area contributed by atoms with Crippen molar-refractivity contribution < 1.29 is 9.21 Å². The largest absolute Gasteiger partial charge is 0.451 e. The molecule has 1 aromatic heterocycles. The second-order valence-corrected chi connectivity index (χ2v) is 4.33. The first-order chi connectivity index (χ1) is 7.50. The van der Waals surface area contributed by atoms with Gasteiger partial charge in [-0.15, -0.1) is 0 Å². The van der Waals surface area contributed by atoms with E-state index in [2.05, 4.69) is 0 Å². The average molecular weight is 238 g/mol. The molecular formula is C12H12ClNO2. The number of nitrogens with zero attached hydrogens (tertiary/aromatic N) is 1. The van der Waals surface area contributed by atoms with Gasteiger partial charge >= 0.3 is 0 Å². The second kappa shape index (κ2) is 3.83. The van der Waals surface area contributed by atoms with Gasteiger partial charge in [-0.2, -0.15) is 0 Å². The summed E-state index contributed by atoms with van der Waals surface area (Å²) < 4.78 is 5.53. The molecule has 0 fully saturated rings. The Morgan fingerprint density at radius 1 is 1.38 bits per heavy atom. The third-order valence-electron chi connectivity index (χ3n) is 2.50. The molecule has 1 aromatic carbocycles. The zero-order valence-corrected chi connectivity index (χ0v) is 10.1. The molecule has 1 heterocycles. The molecule has 2 rings (SSSR count). The van der Waals surface area contributed by atoms with Crippen LogP contribution in [0.25, 0.3) is 11.0 Å². The van der Waals surface area contributed by atoms with E-state index < -0.39 is 0 Å². The number of amides is 1. The van der Waals surface area contributed by atoms with Gasteiger partial charge in [-0.25, -0.2) is 0 Å². The number of fused-ring (bicyclic) bond motifs is 1. The molecule has 0 atom stereocenters. The van der Waals surface area contributed by atoms with Gasteiger partial charge in [0, 0.05) is 30.1 Å². The van der Waals surface area contributed by atoms with Gasteiger partial charge in [-0.3, -0.25) is 4.79 Å². The molecule has 0 aliphatic heterocycles. The van der Waals surface area contributed by atoms with Gasteiger partial charge in [-0.05, 0) is 25.1 Å². The number of furan rings is 1. The van der Waals surface area contributed by atoms with Crippen LogP contribution in [0, 0.1) is 6.92 Å². The maximum atomic E-state index is 11.8. The summed E-state index contributed by atoms with van der Waals surface area (Å²) >= 11 is 5.91. The highest BCUT2D eigenvalue weighted by molar-refractivity contribution is 6.31. The molecule has 0 aliphatic carbocycles. The summed E-state index contributed by atoms with van der Waals surface area (Å²) in [5.74, 6) is 0.243. The molecule has 16 heavy (non-hydrogen) atoms. The lowest BCUT2D eigenvalue weighted by Gasteiger charge is -2.07. The van der Waals surface area contributed by atoms with Gasteiger partial charge in [0.25, 0.3) is 5.91 Å². The summed E-state index contributed by atoms with van der Waals surface area (Å²) in [5.41, 5.74) is 1.52. The van der Waals surface area contributed by atoms with Crippen molar-refractivity contribution in [3.63, 3.8) is 0 Å². The number of carbonyl (C=O) groups is 1. The maximum absolute atomic E-state index is 11.8. The van der Waals surface area contributed by atoms with Crippen LogP contribution < -0.4 is 0 Å². The average Bonchev–Trinajstić information content (AvgIpc) is 2.55. The lowest BCUT2D eigenvalue weighted by molar-refractivity contribution is 0.0798. The zero-order valence-electron chi connectivity index (χ0n) is 9.37.